The van der Waals surface area contributed by atoms with Crippen molar-refractivity contribution < 1.29 is 9.53 Å². The number of imidazole rings is 1. The number of rotatable bonds is 10. The van der Waals surface area contributed by atoms with Crippen LogP contribution in [0.5, 0.6) is 5.75 Å². The molecule has 0 bridgehead atoms. The number of hydrogen-bond acceptors (Lipinski definition) is 3. The first-order valence-electron chi connectivity index (χ1n) is 11.1. The number of methoxy groups -OCH3 is 1. The number of ether oxygens (including phenoxy) is 1. The highest BCUT2D eigenvalue weighted by Gasteiger charge is 2.11. The first-order chi connectivity index (χ1) is 15.7. The summed E-state index contributed by atoms with van der Waals surface area (Å²) in [6.45, 7) is 1.49. The minimum Gasteiger partial charge on any atom is -0.497 e. The van der Waals surface area contributed by atoms with E-state index < -0.39 is 0 Å². The lowest BCUT2D eigenvalue weighted by Crippen LogP contribution is -2.24. The van der Waals surface area contributed by atoms with Gasteiger partial charge in [-0.05, 0) is 48.7 Å². The summed E-state index contributed by atoms with van der Waals surface area (Å²) < 4.78 is 7.51. The Kier molecular flexibility index (Phi) is 7.18. The Morgan fingerprint density at radius 2 is 1.75 bits per heavy atom. The molecule has 0 spiro atoms. The summed E-state index contributed by atoms with van der Waals surface area (Å²) >= 11 is 0. The van der Waals surface area contributed by atoms with E-state index in [2.05, 4.69) is 52.3 Å². The minimum absolute atomic E-state index is 0.0615. The topological polar surface area (TPSA) is 56.1 Å². The molecule has 164 valence electrons. The lowest BCUT2D eigenvalue weighted by molar-refractivity contribution is 0.0952. The van der Waals surface area contributed by atoms with Gasteiger partial charge in [0.2, 0.25) is 0 Å². The normalized spacial score (nSPS) is 10.9. The third-order valence-electron chi connectivity index (χ3n) is 5.61. The van der Waals surface area contributed by atoms with Crippen LogP contribution in [0.15, 0.2) is 78.9 Å². The van der Waals surface area contributed by atoms with E-state index in [4.69, 9.17) is 9.72 Å². The Morgan fingerprint density at radius 3 is 2.59 bits per heavy atom. The highest BCUT2D eigenvalue weighted by molar-refractivity contribution is 5.94. The maximum Gasteiger partial charge on any atom is 0.251 e. The van der Waals surface area contributed by atoms with Gasteiger partial charge in [-0.1, -0.05) is 55.0 Å². The van der Waals surface area contributed by atoms with Crippen molar-refractivity contribution in [3.63, 3.8) is 0 Å². The van der Waals surface area contributed by atoms with Crippen molar-refractivity contribution in [3.05, 3.63) is 95.8 Å². The van der Waals surface area contributed by atoms with E-state index in [1.54, 1.807) is 19.2 Å². The Morgan fingerprint density at radius 1 is 0.938 bits per heavy atom. The predicted molar refractivity (Wildman–Crippen MR) is 128 cm³/mol. The molecular weight excluding hydrogens is 398 g/mol. The summed E-state index contributed by atoms with van der Waals surface area (Å²) in [4.78, 5) is 17.2. The van der Waals surface area contributed by atoms with Gasteiger partial charge in [0.1, 0.15) is 11.6 Å². The zero-order valence-corrected chi connectivity index (χ0v) is 18.5. The number of amides is 1. The van der Waals surface area contributed by atoms with E-state index in [-0.39, 0.29) is 5.91 Å². The Bertz CT molecular complexity index is 1170. The number of benzene rings is 3. The van der Waals surface area contributed by atoms with Gasteiger partial charge in [-0.2, -0.15) is 0 Å². The first-order valence-corrected chi connectivity index (χ1v) is 11.1. The van der Waals surface area contributed by atoms with Gasteiger partial charge < -0.3 is 14.6 Å². The number of carbonyl (C=O) groups excluding carboxylic acids is 1. The summed E-state index contributed by atoms with van der Waals surface area (Å²) in [5.41, 5.74) is 4.12. The zero-order chi connectivity index (χ0) is 22.2. The number of para-hydroxylation sites is 2. The molecule has 4 aromatic rings. The summed E-state index contributed by atoms with van der Waals surface area (Å²) in [6.07, 6.45) is 3.93. The molecule has 0 radical (unpaired) electrons. The Hall–Kier alpha value is -3.60. The number of nitrogens with one attached hydrogen (secondary N) is 1. The number of fused-ring (bicyclic) bond motifs is 1. The number of unbranched alkanes of at least 4 members (excludes halogenated alkanes) is 2. The van der Waals surface area contributed by atoms with Crippen molar-refractivity contribution in [3.8, 4) is 5.75 Å². The van der Waals surface area contributed by atoms with Gasteiger partial charge in [0.25, 0.3) is 5.91 Å². The molecule has 3 aromatic carbocycles. The lowest BCUT2D eigenvalue weighted by Gasteiger charge is -2.10. The summed E-state index contributed by atoms with van der Waals surface area (Å²) in [5.74, 6) is 1.75. The fraction of sp³-hybridized carbons (Fsp3) is 0.259. The number of nitrogens with zero attached hydrogens (tertiary/aromatic N) is 2. The molecule has 0 unspecified atom stereocenters. The third kappa shape index (κ3) is 5.35. The van der Waals surface area contributed by atoms with Crippen LogP contribution in [0.1, 0.15) is 41.0 Å². The van der Waals surface area contributed by atoms with Gasteiger partial charge in [-0.3, -0.25) is 4.79 Å². The molecule has 4 rings (SSSR count). The summed E-state index contributed by atoms with van der Waals surface area (Å²) in [5, 5.41) is 3.00. The molecule has 32 heavy (non-hydrogen) atoms. The molecule has 0 aliphatic heterocycles. The van der Waals surface area contributed by atoms with E-state index in [0.29, 0.717) is 17.9 Å². The molecule has 0 atom stereocenters. The largest absolute Gasteiger partial charge is 0.497 e. The van der Waals surface area contributed by atoms with E-state index in [1.807, 2.05) is 24.3 Å². The molecule has 1 heterocycles. The average Bonchev–Trinajstić information content (AvgIpc) is 3.19. The Balaban J connectivity index is 1.30. The number of aryl methyl sites for hydroxylation is 1. The second-order valence-corrected chi connectivity index (χ2v) is 7.89. The highest BCUT2D eigenvalue weighted by atomic mass is 16.5. The maximum atomic E-state index is 12.3. The molecular formula is C27H29N3O2. The van der Waals surface area contributed by atoms with Crippen LogP contribution in [0, 0.1) is 0 Å². The average molecular weight is 428 g/mol. The third-order valence-corrected chi connectivity index (χ3v) is 5.61. The van der Waals surface area contributed by atoms with Gasteiger partial charge in [-0.25, -0.2) is 4.98 Å². The van der Waals surface area contributed by atoms with Crippen LogP contribution in [0.3, 0.4) is 0 Å². The predicted octanol–water partition coefficient (Wildman–Crippen LogP) is 5.24. The minimum atomic E-state index is -0.0615. The van der Waals surface area contributed by atoms with Gasteiger partial charge >= 0.3 is 0 Å². The van der Waals surface area contributed by atoms with Crippen molar-refractivity contribution in [2.75, 3.05) is 13.7 Å². The lowest BCUT2D eigenvalue weighted by atomic mass is 10.1. The molecule has 0 saturated carbocycles. The quantitative estimate of drug-likeness (QED) is 0.352. The Labute approximate surface area is 189 Å². The van der Waals surface area contributed by atoms with Crippen molar-refractivity contribution in [2.45, 2.75) is 32.2 Å². The van der Waals surface area contributed by atoms with Crippen LogP contribution in [0.4, 0.5) is 0 Å². The number of carbonyl (C=O) groups is 1. The van der Waals surface area contributed by atoms with Crippen LogP contribution in [0.2, 0.25) is 0 Å². The van der Waals surface area contributed by atoms with Crippen LogP contribution in [0.25, 0.3) is 11.0 Å². The monoisotopic (exact) mass is 427 g/mol. The first kappa shape index (κ1) is 21.6. The highest BCUT2D eigenvalue weighted by Crippen LogP contribution is 2.19. The summed E-state index contributed by atoms with van der Waals surface area (Å²) in [7, 11) is 1.60. The second kappa shape index (κ2) is 10.6. The molecule has 0 aliphatic rings. The molecule has 5 heteroatoms. The van der Waals surface area contributed by atoms with Crippen molar-refractivity contribution in [1.82, 2.24) is 14.9 Å². The summed E-state index contributed by atoms with van der Waals surface area (Å²) in [6, 6.07) is 26.1. The fourth-order valence-corrected chi connectivity index (χ4v) is 3.91. The van der Waals surface area contributed by atoms with Gasteiger partial charge in [0.05, 0.1) is 18.1 Å². The SMILES string of the molecule is COc1cccc(C(=O)NCCCCCc2nc3ccccc3n2Cc2ccccc2)c1. The van der Waals surface area contributed by atoms with E-state index in [1.165, 1.54) is 11.1 Å². The van der Waals surface area contributed by atoms with E-state index >= 15 is 0 Å². The molecule has 0 fully saturated rings. The van der Waals surface area contributed by atoms with Crippen molar-refractivity contribution in [2.24, 2.45) is 0 Å². The molecule has 0 saturated heterocycles. The van der Waals surface area contributed by atoms with Crippen LogP contribution >= 0.6 is 0 Å². The zero-order valence-electron chi connectivity index (χ0n) is 18.5. The smallest absolute Gasteiger partial charge is 0.251 e. The van der Waals surface area contributed by atoms with Crippen molar-refractivity contribution in [1.29, 1.82) is 0 Å². The fourth-order valence-electron chi connectivity index (χ4n) is 3.91. The molecule has 1 amide bonds. The van der Waals surface area contributed by atoms with E-state index in [9.17, 15) is 4.79 Å². The van der Waals surface area contributed by atoms with Crippen LogP contribution in [-0.4, -0.2) is 29.1 Å². The number of aromatic nitrogens is 2. The number of hydrogen-bond donors (Lipinski definition) is 1. The maximum absolute atomic E-state index is 12.3. The molecule has 0 aliphatic carbocycles. The van der Waals surface area contributed by atoms with E-state index in [0.717, 1.165) is 43.6 Å². The standard InChI is InChI=1S/C27H29N3O2/c1-32-23-14-10-13-22(19-23)27(31)28-18-9-3-6-17-26-29-24-15-7-8-16-25(24)30(26)20-21-11-4-2-5-12-21/h2,4-5,7-8,10-16,19H,3,6,9,17-18,20H2,1H3,(H,28,31). The molecule has 1 N–H and O–H groups in total. The second-order valence-electron chi connectivity index (χ2n) is 7.89. The molecule has 1 aromatic heterocycles. The van der Waals surface area contributed by atoms with Gasteiger partial charge in [0.15, 0.2) is 0 Å². The van der Waals surface area contributed by atoms with Gasteiger partial charge in [-0.15, -0.1) is 0 Å². The van der Waals surface area contributed by atoms with Crippen LogP contribution < -0.4 is 10.1 Å². The van der Waals surface area contributed by atoms with Crippen molar-refractivity contribution >= 4 is 16.9 Å². The molecule has 5 nitrogen and oxygen atoms in total. The van der Waals surface area contributed by atoms with Gasteiger partial charge in [0, 0.05) is 25.1 Å². The van der Waals surface area contributed by atoms with Crippen LogP contribution in [-0.2, 0) is 13.0 Å².